The number of nitrogens with one attached hydrogen (secondary N) is 1. The molecule has 0 unspecified atom stereocenters. The van der Waals surface area contributed by atoms with Gasteiger partial charge >= 0.3 is 0 Å². The van der Waals surface area contributed by atoms with E-state index in [1.54, 1.807) is 13.0 Å². The molecule has 4 heterocycles. The summed E-state index contributed by atoms with van der Waals surface area (Å²) in [5.74, 6) is 1.47. The first-order chi connectivity index (χ1) is 15.5. The summed E-state index contributed by atoms with van der Waals surface area (Å²) in [4.78, 5) is 11.6. The van der Waals surface area contributed by atoms with Gasteiger partial charge in [-0.25, -0.2) is 9.37 Å². The molecule has 8 heteroatoms. The molecule has 0 radical (unpaired) electrons. The average molecular weight is 440 g/mol. The molecule has 1 atom stereocenters. The molecule has 1 aromatic carbocycles. The molecule has 7 nitrogen and oxygen atoms in total. The maximum absolute atomic E-state index is 15.0. The number of anilines is 1. The lowest BCUT2D eigenvalue weighted by Gasteiger charge is -2.35. The highest BCUT2D eigenvalue weighted by molar-refractivity contribution is 5.93. The van der Waals surface area contributed by atoms with Crippen LogP contribution in [-0.2, 0) is 11.2 Å². The Morgan fingerprint density at radius 3 is 2.59 bits per heavy atom. The van der Waals surface area contributed by atoms with E-state index >= 15 is 4.39 Å². The van der Waals surface area contributed by atoms with Crippen molar-refractivity contribution in [1.82, 2.24) is 20.4 Å². The second-order valence-corrected chi connectivity index (χ2v) is 8.89. The molecule has 3 aromatic rings. The van der Waals surface area contributed by atoms with E-state index in [4.69, 9.17) is 14.2 Å². The third-order valence-electron chi connectivity index (χ3n) is 6.70. The van der Waals surface area contributed by atoms with Gasteiger partial charge in [0, 0.05) is 44.1 Å². The Morgan fingerprint density at radius 2 is 1.94 bits per heavy atom. The summed E-state index contributed by atoms with van der Waals surface area (Å²) >= 11 is 0. The maximum atomic E-state index is 15.0. The fraction of sp³-hybridized carbons (Fsp3) is 0.542. The minimum absolute atomic E-state index is 0.280. The number of nitrogens with zero attached hydrogens (tertiary/aromatic N) is 4. The standard InChI is InChI=1S/C24H30FN5O2/c1-4-16-11-19-14(2)21(23-26-15(3)32-29-23)24(28-22(19)20(25)12-16)30-8-5-17(6-9-30)27-18-7-10-31-13-18/h11-12,17-18,27H,4-10,13H2,1-3H3/t18-/m1/s1. The van der Waals surface area contributed by atoms with Gasteiger partial charge in [-0.3, -0.25) is 0 Å². The monoisotopic (exact) mass is 439 g/mol. The van der Waals surface area contributed by atoms with Crippen LogP contribution in [0.2, 0.25) is 0 Å². The van der Waals surface area contributed by atoms with Crippen molar-refractivity contribution in [2.45, 2.75) is 58.5 Å². The Balaban J connectivity index is 1.52. The predicted molar refractivity (Wildman–Crippen MR) is 121 cm³/mol. The van der Waals surface area contributed by atoms with Crippen molar-refractivity contribution in [2.75, 3.05) is 31.2 Å². The van der Waals surface area contributed by atoms with Crippen LogP contribution in [0, 0.1) is 19.7 Å². The first-order valence-corrected chi connectivity index (χ1v) is 11.6. The van der Waals surface area contributed by atoms with Crippen LogP contribution < -0.4 is 10.2 Å². The summed E-state index contributed by atoms with van der Waals surface area (Å²) in [5.41, 5.74) is 3.12. The zero-order chi connectivity index (χ0) is 22.2. The molecule has 0 amide bonds. The Bertz CT molecular complexity index is 1120. The minimum Gasteiger partial charge on any atom is -0.380 e. The number of fused-ring (bicyclic) bond motifs is 1. The average Bonchev–Trinajstić information content (AvgIpc) is 3.46. The second-order valence-electron chi connectivity index (χ2n) is 8.89. The second kappa shape index (κ2) is 8.75. The lowest BCUT2D eigenvalue weighted by atomic mass is 9.98. The first-order valence-electron chi connectivity index (χ1n) is 11.6. The molecule has 0 spiro atoms. The number of hydrogen-bond acceptors (Lipinski definition) is 7. The summed E-state index contributed by atoms with van der Waals surface area (Å²) in [5, 5.41) is 8.72. The molecule has 2 aliphatic heterocycles. The molecular formula is C24H30FN5O2. The molecule has 2 aliphatic rings. The highest BCUT2D eigenvalue weighted by Crippen LogP contribution is 2.37. The van der Waals surface area contributed by atoms with Gasteiger partial charge in [0.05, 0.1) is 12.2 Å². The fourth-order valence-corrected chi connectivity index (χ4v) is 4.88. The number of benzene rings is 1. The topological polar surface area (TPSA) is 76.3 Å². The smallest absolute Gasteiger partial charge is 0.223 e. The van der Waals surface area contributed by atoms with Gasteiger partial charge < -0.3 is 19.5 Å². The van der Waals surface area contributed by atoms with Gasteiger partial charge in [0.1, 0.15) is 17.2 Å². The Morgan fingerprint density at radius 1 is 1.12 bits per heavy atom. The van der Waals surface area contributed by atoms with E-state index < -0.39 is 0 Å². The molecule has 32 heavy (non-hydrogen) atoms. The van der Waals surface area contributed by atoms with Gasteiger partial charge in [0.25, 0.3) is 0 Å². The van der Waals surface area contributed by atoms with Crippen molar-refractivity contribution in [2.24, 2.45) is 0 Å². The number of hydrogen-bond donors (Lipinski definition) is 1. The summed E-state index contributed by atoms with van der Waals surface area (Å²) in [6, 6.07) is 4.53. The third-order valence-corrected chi connectivity index (χ3v) is 6.70. The fourth-order valence-electron chi connectivity index (χ4n) is 4.88. The highest BCUT2D eigenvalue weighted by atomic mass is 19.1. The Kier molecular flexibility index (Phi) is 5.82. The molecule has 0 saturated carbocycles. The van der Waals surface area contributed by atoms with E-state index in [1.807, 2.05) is 19.9 Å². The number of halogens is 1. The van der Waals surface area contributed by atoms with Crippen molar-refractivity contribution < 1.29 is 13.7 Å². The van der Waals surface area contributed by atoms with Gasteiger partial charge in [-0.2, -0.15) is 4.98 Å². The van der Waals surface area contributed by atoms with E-state index in [0.29, 0.717) is 29.3 Å². The highest BCUT2D eigenvalue weighted by Gasteiger charge is 2.28. The minimum atomic E-state index is -0.280. The van der Waals surface area contributed by atoms with Crippen LogP contribution >= 0.6 is 0 Å². The van der Waals surface area contributed by atoms with Gasteiger partial charge in [-0.15, -0.1) is 0 Å². The number of pyridine rings is 1. The van der Waals surface area contributed by atoms with Crippen LogP contribution in [0.4, 0.5) is 10.2 Å². The summed E-state index contributed by atoms with van der Waals surface area (Å²) in [7, 11) is 0. The van der Waals surface area contributed by atoms with Crippen LogP contribution in [0.25, 0.3) is 22.3 Å². The third kappa shape index (κ3) is 3.97. The van der Waals surface area contributed by atoms with Crippen molar-refractivity contribution in [3.05, 3.63) is 35.0 Å². The van der Waals surface area contributed by atoms with Crippen LogP contribution in [0.5, 0.6) is 0 Å². The van der Waals surface area contributed by atoms with Gasteiger partial charge in [-0.05, 0) is 55.9 Å². The molecule has 2 fully saturated rings. The predicted octanol–water partition coefficient (Wildman–Crippen LogP) is 3.95. The van der Waals surface area contributed by atoms with E-state index in [-0.39, 0.29) is 5.82 Å². The number of aryl methyl sites for hydroxylation is 3. The zero-order valence-electron chi connectivity index (χ0n) is 18.9. The van der Waals surface area contributed by atoms with Crippen molar-refractivity contribution in [1.29, 1.82) is 0 Å². The molecule has 1 N–H and O–H groups in total. The van der Waals surface area contributed by atoms with Crippen LogP contribution in [0.1, 0.15) is 43.2 Å². The molecule has 5 rings (SSSR count). The SMILES string of the molecule is CCc1cc(F)c2nc(N3CCC(N[C@@H]4CCOC4)CC3)c(-c3noc(C)n3)c(C)c2c1. The molecule has 0 bridgehead atoms. The lowest BCUT2D eigenvalue weighted by Crippen LogP contribution is -2.46. The Labute approximate surface area is 187 Å². The molecule has 2 saturated heterocycles. The van der Waals surface area contributed by atoms with Gasteiger partial charge in [0.15, 0.2) is 0 Å². The molecule has 0 aliphatic carbocycles. The number of ether oxygens (including phenoxy) is 1. The summed E-state index contributed by atoms with van der Waals surface area (Å²) < 4.78 is 25.8. The van der Waals surface area contributed by atoms with Crippen molar-refractivity contribution in [3.63, 3.8) is 0 Å². The first kappa shape index (κ1) is 21.3. The number of piperidine rings is 1. The molecule has 2 aromatic heterocycles. The summed E-state index contributed by atoms with van der Waals surface area (Å²) in [6.45, 7) is 9.11. The van der Waals surface area contributed by atoms with Crippen molar-refractivity contribution in [3.8, 4) is 11.4 Å². The largest absolute Gasteiger partial charge is 0.380 e. The van der Waals surface area contributed by atoms with Gasteiger partial charge in [-0.1, -0.05) is 12.1 Å². The lowest BCUT2D eigenvalue weighted by molar-refractivity contribution is 0.186. The van der Waals surface area contributed by atoms with Crippen LogP contribution in [-0.4, -0.2) is 53.5 Å². The maximum Gasteiger partial charge on any atom is 0.223 e. The number of aromatic nitrogens is 3. The Hall–Kier alpha value is -2.58. The van der Waals surface area contributed by atoms with E-state index in [0.717, 1.165) is 79.9 Å². The normalized spacial score (nSPS) is 19.9. The molecular weight excluding hydrogens is 409 g/mol. The van der Waals surface area contributed by atoms with E-state index in [9.17, 15) is 0 Å². The summed E-state index contributed by atoms with van der Waals surface area (Å²) in [6.07, 6.45) is 3.83. The van der Waals surface area contributed by atoms with E-state index in [1.165, 1.54) is 0 Å². The van der Waals surface area contributed by atoms with Crippen LogP contribution in [0.3, 0.4) is 0 Å². The van der Waals surface area contributed by atoms with E-state index in [2.05, 4.69) is 20.4 Å². The van der Waals surface area contributed by atoms with Crippen molar-refractivity contribution >= 4 is 16.7 Å². The van der Waals surface area contributed by atoms with Gasteiger partial charge in [0.2, 0.25) is 11.7 Å². The van der Waals surface area contributed by atoms with Crippen LogP contribution in [0.15, 0.2) is 16.7 Å². The zero-order valence-corrected chi connectivity index (χ0v) is 18.9. The number of rotatable bonds is 5. The molecule has 170 valence electrons. The quantitative estimate of drug-likeness (QED) is 0.645.